The van der Waals surface area contributed by atoms with Crippen LogP contribution < -0.4 is 20.9 Å². The summed E-state index contributed by atoms with van der Waals surface area (Å²) in [6.07, 6.45) is 2.73. The summed E-state index contributed by atoms with van der Waals surface area (Å²) >= 11 is 0. The number of aryl methyl sites for hydroxylation is 1. The number of carbonyl (C=O) groups is 1. The molecule has 0 unspecified atom stereocenters. The number of ether oxygens (including phenoxy) is 1. The Morgan fingerprint density at radius 2 is 2.08 bits per heavy atom. The van der Waals surface area contributed by atoms with Crippen LogP contribution in [0.4, 0.5) is 10.5 Å². The van der Waals surface area contributed by atoms with Gasteiger partial charge in [-0.05, 0) is 24.1 Å². The number of nitrogens with zero attached hydrogens (tertiary/aromatic N) is 3. The van der Waals surface area contributed by atoms with Crippen molar-refractivity contribution in [3.8, 4) is 5.75 Å². The van der Waals surface area contributed by atoms with E-state index in [9.17, 15) is 9.59 Å². The summed E-state index contributed by atoms with van der Waals surface area (Å²) in [6, 6.07) is 6.87. The van der Waals surface area contributed by atoms with Crippen molar-refractivity contribution < 1.29 is 9.53 Å². The predicted molar refractivity (Wildman–Crippen MR) is 96.5 cm³/mol. The molecule has 0 fully saturated rings. The SMILES string of the molecule is CCCc1nc2nc[nH]n2c(=O)c1NC(=O)NCc1ccc(OC)cc1. The number of anilines is 1. The van der Waals surface area contributed by atoms with Crippen molar-refractivity contribution in [3.63, 3.8) is 0 Å². The van der Waals surface area contributed by atoms with Gasteiger partial charge < -0.3 is 15.4 Å². The molecule has 0 aliphatic rings. The third-order valence-electron chi connectivity index (χ3n) is 3.84. The molecule has 26 heavy (non-hydrogen) atoms. The number of aromatic amines is 1. The number of rotatable bonds is 6. The molecule has 2 aromatic heterocycles. The lowest BCUT2D eigenvalue weighted by Gasteiger charge is -2.11. The highest BCUT2D eigenvalue weighted by atomic mass is 16.5. The van der Waals surface area contributed by atoms with Crippen LogP contribution in [-0.4, -0.2) is 32.7 Å². The summed E-state index contributed by atoms with van der Waals surface area (Å²) in [4.78, 5) is 33.1. The molecule has 0 aliphatic heterocycles. The van der Waals surface area contributed by atoms with Crippen LogP contribution in [-0.2, 0) is 13.0 Å². The van der Waals surface area contributed by atoms with Crippen LogP contribution in [0, 0.1) is 0 Å². The van der Waals surface area contributed by atoms with E-state index in [4.69, 9.17) is 4.74 Å². The van der Waals surface area contributed by atoms with Crippen LogP contribution in [0.5, 0.6) is 5.75 Å². The monoisotopic (exact) mass is 356 g/mol. The second-order valence-corrected chi connectivity index (χ2v) is 5.67. The Morgan fingerprint density at radius 1 is 1.31 bits per heavy atom. The molecular formula is C17H20N6O3. The number of fused-ring (bicyclic) bond motifs is 1. The molecule has 0 saturated heterocycles. The fraction of sp³-hybridized carbons (Fsp3) is 0.294. The van der Waals surface area contributed by atoms with E-state index >= 15 is 0 Å². The summed E-state index contributed by atoms with van der Waals surface area (Å²) in [6.45, 7) is 2.29. The Morgan fingerprint density at radius 3 is 2.77 bits per heavy atom. The normalized spacial score (nSPS) is 10.7. The van der Waals surface area contributed by atoms with Gasteiger partial charge in [0.1, 0.15) is 17.8 Å². The highest BCUT2D eigenvalue weighted by Crippen LogP contribution is 2.12. The molecule has 0 spiro atoms. The first-order chi connectivity index (χ1) is 12.6. The van der Waals surface area contributed by atoms with Crippen molar-refractivity contribution in [3.05, 3.63) is 52.2 Å². The summed E-state index contributed by atoms with van der Waals surface area (Å²) < 4.78 is 6.29. The van der Waals surface area contributed by atoms with Crippen molar-refractivity contribution >= 4 is 17.5 Å². The zero-order chi connectivity index (χ0) is 18.5. The highest BCUT2D eigenvalue weighted by Gasteiger charge is 2.16. The first-order valence-corrected chi connectivity index (χ1v) is 8.25. The Labute approximate surface area is 149 Å². The van der Waals surface area contributed by atoms with Crippen LogP contribution >= 0.6 is 0 Å². The largest absolute Gasteiger partial charge is 0.497 e. The topological polar surface area (TPSA) is 113 Å². The highest BCUT2D eigenvalue weighted by molar-refractivity contribution is 5.89. The molecule has 136 valence electrons. The van der Waals surface area contributed by atoms with Crippen LogP contribution in [0.3, 0.4) is 0 Å². The molecule has 9 nitrogen and oxygen atoms in total. The van der Waals surface area contributed by atoms with Crippen LogP contribution in [0.1, 0.15) is 24.6 Å². The minimum Gasteiger partial charge on any atom is -0.497 e. The minimum absolute atomic E-state index is 0.154. The zero-order valence-corrected chi connectivity index (χ0v) is 14.6. The van der Waals surface area contributed by atoms with Gasteiger partial charge in [-0.15, -0.1) is 0 Å². The van der Waals surface area contributed by atoms with Crippen molar-refractivity contribution in [2.24, 2.45) is 0 Å². The number of nitrogens with one attached hydrogen (secondary N) is 3. The first-order valence-electron chi connectivity index (χ1n) is 8.25. The molecule has 3 aromatic rings. The van der Waals surface area contributed by atoms with Gasteiger partial charge in [0, 0.05) is 6.54 Å². The second kappa shape index (κ2) is 7.68. The van der Waals surface area contributed by atoms with Crippen molar-refractivity contribution in [1.82, 2.24) is 24.9 Å². The molecule has 0 bridgehead atoms. The zero-order valence-electron chi connectivity index (χ0n) is 14.6. The maximum absolute atomic E-state index is 12.6. The van der Waals surface area contributed by atoms with Crippen LogP contribution in [0.15, 0.2) is 35.4 Å². The molecule has 1 aromatic carbocycles. The Kier molecular flexibility index (Phi) is 5.16. The standard InChI is InChI=1S/C17H20N6O3/c1-3-4-13-14(15(24)23-16(21-13)19-10-20-23)22-17(25)18-9-11-5-7-12(26-2)8-6-11/h5-8,10H,3-4,9H2,1-2H3,(H2,18,22,25)(H,19,20,21). The molecule has 0 atom stereocenters. The van der Waals surface area contributed by atoms with Gasteiger partial charge in [-0.2, -0.15) is 4.52 Å². The lowest BCUT2D eigenvalue weighted by molar-refractivity contribution is 0.251. The average molecular weight is 356 g/mol. The predicted octanol–water partition coefficient (Wildman–Crippen LogP) is 1.70. The number of hydrogen-bond acceptors (Lipinski definition) is 5. The number of aromatic nitrogens is 4. The maximum Gasteiger partial charge on any atom is 0.319 e. The van der Waals surface area contributed by atoms with E-state index in [1.165, 1.54) is 10.8 Å². The summed E-state index contributed by atoms with van der Waals surface area (Å²) in [7, 11) is 1.59. The Bertz CT molecular complexity index is 961. The molecule has 9 heteroatoms. The molecule has 0 saturated carbocycles. The fourth-order valence-electron chi connectivity index (χ4n) is 2.53. The second-order valence-electron chi connectivity index (χ2n) is 5.67. The van der Waals surface area contributed by atoms with E-state index in [0.717, 1.165) is 17.7 Å². The fourth-order valence-corrected chi connectivity index (χ4v) is 2.53. The Balaban J connectivity index is 1.74. The lowest BCUT2D eigenvalue weighted by atomic mass is 10.2. The van der Waals surface area contributed by atoms with Gasteiger partial charge >= 0.3 is 6.03 Å². The van der Waals surface area contributed by atoms with Gasteiger partial charge in [0.25, 0.3) is 11.3 Å². The van der Waals surface area contributed by atoms with Crippen LogP contribution in [0.25, 0.3) is 5.78 Å². The number of H-pyrrole nitrogens is 1. The van der Waals surface area contributed by atoms with Crippen molar-refractivity contribution in [2.45, 2.75) is 26.3 Å². The smallest absolute Gasteiger partial charge is 0.319 e. The third-order valence-corrected chi connectivity index (χ3v) is 3.84. The van der Waals surface area contributed by atoms with Gasteiger partial charge in [0.05, 0.1) is 12.8 Å². The van der Waals surface area contributed by atoms with Crippen molar-refractivity contribution in [1.29, 1.82) is 0 Å². The summed E-state index contributed by atoms with van der Waals surface area (Å²) in [5.74, 6) is 1.03. The third kappa shape index (κ3) is 3.66. The van der Waals surface area contributed by atoms with Gasteiger partial charge in [-0.3, -0.25) is 9.89 Å². The quantitative estimate of drug-likeness (QED) is 0.622. The van der Waals surface area contributed by atoms with E-state index in [1.54, 1.807) is 7.11 Å². The number of urea groups is 1. The number of benzene rings is 1. The minimum atomic E-state index is -0.475. The number of carbonyl (C=O) groups excluding carboxylic acids is 1. The van der Waals surface area contributed by atoms with E-state index < -0.39 is 11.6 Å². The van der Waals surface area contributed by atoms with Gasteiger partial charge in [-0.25, -0.2) is 14.8 Å². The summed E-state index contributed by atoms with van der Waals surface area (Å²) in [5, 5.41) is 8.04. The van der Waals surface area contributed by atoms with E-state index in [1.807, 2.05) is 31.2 Å². The molecular weight excluding hydrogens is 336 g/mol. The van der Waals surface area contributed by atoms with E-state index in [2.05, 4.69) is 25.7 Å². The van der Waals surface area contributed by atoms with Gasteiger partial charge in [-0.1, -0.05) is 25.5 Å². The lowest BCUT2D eigenvalue weighted by Crippen LogP contribution is -2.33. The number of amides is 2. The molecule has 0 aliphatic carbocycles. The van der Waals surface area contributed by atoms with Gasteiger partial charge in [0.2, 0.25) is 0 Å². The van der Waals surface area contributed by atoms with E-state index in [0.29, 0.717) is 18.7 Å². The number of methoxy groups -OCH3 is 1. The molecule has 3 N–H and O–H groups in total. The molecule has 2 heterocycles. The number of hydrogen-bond donors (Lipinski definition) is 3. The first kappa shape index (κ1) is 17.5. The van der Waals surface area contributed by atoms with Crippen LogP contribution in [0.2, 0.25) is 0 Å². The summed E-state index contributed by atoms with van der Waals surface area (Å²) in [5.41, 5.74) is 1.19. The molecule has 0 radical (unpaired) electrons. The maximum atomic E-state index is 12.6. The van der Waals surface area contributed by atoms with Crippen molar-refractivity contribution in [2.75, 3.05) is 12.4 Å². The van der Waals surface area contributed by atoms with E-state index in [-0.39, 0.29) is 11.5 Å². The van der Waals surface area contributed by atoms with Gasteiger partial charge in [0.15, 0.2) is 0 Å². The average Bonchev–Trinajstić information content (AvgIpc) is 3.12. The molecule has 2 amide bonds. The molecule has 3 rings (SSSR count). The Hall–Kier alpha value is -3.36.